The van der Waals surface area contributed by atoms with Gasteiger partial charge in [0.25, 0.3) is 5.91 Å². The van der Waals surface area contributed by atoms with Gasteiger partial charge in [0.1, 0.15) is 11.3 Å². The summed E-state index contributed by atoms with van der Waals surface area (Å²) in [5.41, 5.74) is -0.328. The summed E-state index contributed by atoms with van der Waals surface area (Å²) < 4.78 is 5.11. The Balaban J connectivity index is 1.93. The molecule has 0 bridgehead atoms. The molecule has 1 fully saturated rings. The van der Waals surface area contributed by atoms with Gasteiger partial charge in [0.05, 0.1) is 12.5 Å². The van der Waals surface area contributed by atoms with Crippen LogP contribution in [0.25, 0.3) is 0 Å². The molecule has 6 nitrogen and oxygen atoms in total. The number of urea groups is 1. The molecule has 0 radical (unpaired) electrons. The van der Waals surface area contributed by atoms with Crippen LogP contribution in [0.15, 0.2) is 58.2 Å². The Hall–Kier alpha value is -2.89. The summed E-state index contributed by atoms with van der Waals surface area (Å²) in [6.45, 7) is 1.85. The second-order valence-corrected chi connectivity index (χ2v) is 4.93. The fourth-order valence-corrected chi connectivity index (χ4v) is 2.51. The number of nitrogens with one attached hydrogen (secondary N) is 1. The molecule has 0 unspecified atom stereocenters. The zero-order chi connectivity index (χ0) is 15.6. The molecule has 6 heteroatoms. The van der Waals surface area contributed by atoms with E-state index in [-0.39, 0.29) is 0 Å². The number of imide groups is 1. The van der Waals surface area contributed by atoms with Crippen molar-refractivity contribution in [2.75, 3.05) is 0 Å². The Bertz CT molecular complexity index is 710. The minimum Gasteiger partial charge on any atom is -0.463 e. The van der Waals surface area contributed by atoms with Crippen LogP contribution < -0.4 is 5.32 Å². The number of hydrogen-bond acceptors (Lipinski definition) is 4. The van der Waals surface area contributed by atoms with E-state index in [0.29, 0.717) is 12.2 Å². The van der Waals surface area contributed by atoms with Gasteiger partial charge in [-0.3, -0.25) is 4.79 Å². The molecular formula is C16H15N3O3. The summed E-state index contributed by atoms with van der Waals surface area (Å²) in [5, 5.41) is 7.55. The van der Waals surface area contributed by atoms with E-state index in [1.807, 2.05) is 37.3 Å². The summed E-state index contributed by atoms with van der Waals surface area (Å²) >= 11 is 0. The molecule has 0 spiro atoms. The summed E-state index contributed by atoms with van der Waals surface area (Å²) in [4.78, 5) is 24.9. The fourth-order valence-electron chi connectivity index (χ4n) is 2.51. The summed E-state index contributed by atoms with van der Waals surface area (Å²) in [6.07, 6.45) is 3.27. The third-order valence-electron chi connectivity index (χ3n) is 3.71. The van der Waals surface area contributed by atoms with Crippen LogP contribution in [0, 0.1) is 0 Å². The molecule has 1 saturated heterocycles. The summed E-state index contributed by atoms with van der Waals surface area (Å²) in [7, 11) is 0. The molecule has 1 N–H and O–H groups in total. The number of furan rings is 1. The van der Waals surface area contributed by atoms with E-state index in [0.717, 1.165) is 10.6 Å². The quantitative estimate of drug-likeness (QED) is 0.696. The van der Waals surface area contributed by atoms with E-state index in [1.54, 1.807) is 12.1 Å². The van der Waals surface area contributed by atoms with Gasteiger partial charge in [-0.2, -0.15) is 5.10 Å². The van der Waals surface area contributed by atoms with Crippen molar-refractivity contribution in [3.8, 4) is 0 Å². The molecular weight excluding hydrogens is 282 g/mol. The van der Waals surface area contributed by atoms with Crippen LogP contribution >= 0.6 is 0 Å². The third-order valence-corrected chi connectivity index (χ3v) is 3.71. The van der Waals surface area contributed by atoms with Crippen LogP contribution in [0.3, 0.4) is 0 Å². The summed E-state index contributed by atoms with van der Waals surface area (Å²) in [6, 6.07) is 12.0. The van der Waals surface area contributed by atoms with Gasteiger partial charge in [-0.05, 0) is 24.1 Å². The van der Waals surface area contributed by atoms with E-state index in [9.17, 15) is 9.59 Å². The third kappa shape index (κ3) is 2.18. The highest BCUT2D eigenvalue weighted by molar-refractivity contribution is 6.07. The van der Waals surface area contributed by atoms with Crippen LogP contribution in [-0.4, -0.2) is 23.2 Å². The first kappa shape index (κ1) is 14.1. The van der Waals surface area contributed by atoms with Gasteiger partial charge >= 0.3 is 6.03 Å². The highest BCUT2D eigenvalue weighted by Gasteiger charge is 2.51. The molecule has 112 valence electrons. The number of benzene rings is 1. The topological polar surface area (TPSA) is 74.9 Å². The lowest BCUT2D eigenvalue weighted by Crippen LogP contribution is -2.43. The molecule has 2 heterocycles. The Morgan fingerprint density at radius 2 is 2.00 bits per heavy atom. The zero-order valence-corrected chi connectivity index (χ0v) is 12.0. The second-order valence-electron chi connectivity index (χ2n) is 4.93. The zero-order valence-electron chi connectivity index (χ0n) is 12.0. The van der Waals surface area contributed by atoms with Crippen LogP contribution in [0.5, 0.6) is 0 Å². The lowest BCUT2D eigenvalue weighted by atomic mass is 9.87. The van der Waals surface area contributed by atoms with Crippen molar-refractivity contribution in [2.24, 2.45) is 5.10 Å². The molecule has 0 aliphatic carbocycles. The molecule has 1 aromatic heterocycles. The maximum atomic E-state index is 12.7. The Kier molecular flexibility index (Phi) is 3.50. The maximum absolute atomic E-state index is 12.7. The van der Waals surface area contributed by atoms with E-state index in [1.165, 1.54) is 12.5 Å². The van der Waals surface area contributed by atoms with Crippen molar-refractivity contribution in [3.05, 3.63) is 60.1 Å². The van der Waals surface area contributed by atoms with Crippen molar-refractivity contribution >= 4 is 18.2 Å². The monoisotopic (exact) mass is 297 g/mol. The first-order valence-electron chi connectivity index (χ1n) is 6.97. The van der Waals surface area contributed by atoms with Gasteiger partial charge < -0.3 is 9.73 Å². The molecule has 3 amide bonds. The fraction of sp³-hybridized carbons (Fsp3) is 0.188. The predicted octanol–water partition coefficient (Wildman–Crippen LogP) is 2.47. The minimum absolute atomic E-state index is 0.394. The molecule has 2 aromatic rings. The number of hydrogen-bond donors (Lipinski definition) is 1. The van der Waals surface area contributed by atoms with Gasteiger partial charge in [0, 0.05) is 0 Å². The van der Waals surface area contributed by atoms with Crippen LogP contribution in [0.2, 0.25) is 0 Å². The van der Waals surface area contributed by atoms with Gasteiger partial charge in [-0.15, -0.1) is 5.01 Å². The number of nitrogens with zero attached hydrogens (tertiary/aromatic N) is 2. The lowest BCUT2D eigenvalue weighted by Gasteiger charge is -2.24. The second kappa shape index (κ2) is 5.48. The molecule has 0 saturated carbocycles. The number of hydrazone groups is 1. The van der Waals surface area contributed by atoms with E-state index < -0.39 is 17.5 Å². The predicted molar refractivity (Wildman–Crippen MR) is 80.1 cm³/mol. The van der Waals surface area contributed by atoms with E-state index in [4.69, 9.17) is 4.42 Å². The van der Waals surface area contributed by atoms with Gasteiger partial charge in [-0.25, -0.2) is 4.79 Å². The number of carbonyl (C=O) groups is 2. The van der Waals surface area contributed by atoms with Crippen molar-refractivity contribution < 1.29 is 14.0 Å². The van der Waals surface area contributed by atoms with Crippen LogP contribution in [0.1, 0.15) is 24.7 Å². The van der Waals surface area contributed by atoms with Crippen molar-refractivity contribution in [2.45, 2.75) is 18.9 Å². The van der Waals surface area contributed by atoms with Crippen molar-refractivity contribution in [3.63, 3.8) is 0 Å². The first-order chi connectivity index (χ1) is 10.7. The minimum atomic E-state index is -1.07. The molecule has 1 aliphatic rings. The number of amides is 3. The maximum Gasteiger partial charge on any atom is 0.346 e. The van der Waals surface area contributed by atoms with Crippen LogP contribution in [0.4, 0.5) is 4.79 Å². The summed E-state index contributed by atoms with van der Waals surface area (Å²) in [5.74, 6) is 0.0725. The SMILES string of the molecule is CC[C@@]1(c2ccccc2)NC(=O)N(/N=C\c2ccco2)C1=O. The Morgan fingerprint density at radius 3 is 2.64 bits per heavy atom. The molecule has 1 atom stereocenters. The highest BCUT2D eigenvalue weighted by atomic mass is 16.3. The average molecular weight is 297 g/mol. The largest absolute Gasteiger partial charge is 0.463 e. The highest BCUT2D eigenvalue weighted by Crippen LogP contribution is 2.32. The van der Waals surface area contributed by atoms with Crippen molar-refractivity contribution in [1.82, 2.24) is 10.3 Å². The van der Waals surface area contributed by atoms with E-state index >= 15 is 0 Å². The normalized spacial score (nSPS) is 21.6. The molecule has 1 aromatic carbocycles. The standard InChI is InChI=1S/C16H15N3O3/c1-2-16(12-7-4-3-5-8-12)14(20)19(15(21)18-16)17-11-13-9-6-10-22-13/h3-11H,2H2,1H3,(H,18,21)/b17-11-/t16-/m0/s1. The smallest absolute Gasteiger partial charge is 0.346 e. The van der Waals surface area contributed by atoms with Gasteiger partial charge in [0.2, 0.25) is 0 Å². The number of rotatable bonds is 4. The Labute approximate surface area is 127 Å². The Morgan fingerprint density at radius 1 is 1.23 bits per heavy atom. The van der Waals surface area contributed by atoms with Gasteiger partial charge in [-0.1, -0.05) is 37.3 Å². The average Bonchev–Trinajstić information content (AvgIpc) is 3.14. The number of carbonyl (C=O) groups excluding carboxylic acids is 2. The lowest BCUT2D eigenvalue weighted by molar-refractivity contribution is -0.131. The molecule has 22 heavy (non-hydrogen) atoms. The first-order valence-corrected chi connectivity index (χ1v) is 6.97. The van der Waals surface area contributed by atoms with Crippen molar-refractivity contribution in [1.29, 1.82) is 0 Å². The molecule has 3 rings (SSSR count). The van der Waals surface area contributed by atoms with Gasteiger partial charge in [0.15, 0.2) is 0 Å². The molecule has 1 aliphatic heterocycles. The van der Waals surface area contributed by atoms with E-state index in [2.05, 4.69) is 10.4 Å². The van der Waals surface area contributed by atoms with Crippen LogP contribution in [-0.2, 0) is 10.3 Å².